The smallest absolute Gasteiger partial charge is 0.255 e. The molecule has 3 aromatic rings. The SMILES string of the molecule is O=C(Nc1ccccc1)c1ccc2n[nH]nc2c1. The third-order valence-corrected chi connectivity index (χ3v) is 2.61. The number of anilines is 1. The summed E-state index contributed by atoms with van der Waals surface area (Å²) < 4.78 is 0. The summed E-state index contributed by atoms with van der Waals surface area (Å²) in [5.74, 6) is -0.161. The molecule has 88 valence electrons. The second-order valence-corrected chi connectivity index (χ2v) is 3.85. The van der Waals surface area contributed by atoms with Gasteiger partial charge in [-0.25, -0.2) is 0 Å². The van der Waals surface area contributed by atoms with Crippen LogP contribution in [0.5, 0.6) is 0 Å². The molecule has 0 saturated heterocycles. The van der Waals surface area contributed by atoms with Crippen molar-refractivity contribution >= 4 is 22.6 Å². The summed E-state index contributed by atoms with van der Waals surface area (Å²) in [6, 6.07) is 14.5. The van der Waals surface area contributed by atoms with Crippen LogP contribution in [0.1, 0.15) is 10.4 Å². The van der Waals surface area contributed by atoms with E-state index in [-0.39, 0.29) is 5.91 Å². The van der Waals surface area contributed by atoms with Gasteiger partial charge in [-0.1, -0.05) is 18.2 Å². The highest BCUT2D eigenvalue weighted by Crippen LogP contribution is 2.13. The third kappa shape index (κ3) is 1.93. The maximum Gasteiger partial charge on any atom is 0.255 e. The third-order valence-electron chi connectivity index (χ3n) is 2.61. The van der Waals surface area contributed by atoms with Crippen molar-refractivity contribution in [2.75, 3.05) is 5.32 Å². The average molecular weight is 238 g/mol. The Morgan fingerprint density at radius 1 is 1.00 bits per heavy atom. The number of benzene rings is 2. The summed E-state index contributed by atoms with van der Waals surface area (Å²) in [7, 11) is 0. The van der Waals surface area contributed by atoms with Gasteiger partial charge < -0.3 is 5.32 Å². The van der Waals surface area contributed by atoms with Gasteiger partial charge in [-0.2, -0.15) is 15.4 Å². The molecule has 5 heteroatoms. The van der Waals surface area contributed by atoms with E-state index < -0.39 is 0 Å². The fourth-order valence-corrected chi connectivity index (χ4v) is 1.71. The zero-order valence-electron chi connectivity index (χ0n) is 9.42. The van der Waals surface area contributed by atoms with Crippen LogP contribution in [-0.4, -0.2) is 21.3 Å². The Balaban J connectivity index is 1.87. The highest BCUT2D eigenvalue weighted by molar-refractivity contribution is 6.05. The van der Waals surface area contributed by atoms with Crippen LogP contribution < -0.4 is 5.32 Å². The highest BCUT2D eigenvalue weighted by Gasteiger charge is 2.08. The van der Waals surface area contributed by atoms with E-state index in [0.29, 0.717) is 11.1 Å². The quantitative estimate of drug-likeness (QED) is 0.719. The lowest BCUT2D eigenvalue weighted by Gasteiger charge is -2.04. The number of aromatic amines is 1. The molecule has 2 N–H and O–H groups in total. The molecule has 0 unspecified atom stereocenters. The summed E-state index contributed by atoms with van der Waals surface area (Å²) >= 11 is 0. The maximum absolute atomic E-state index is 12.0. The zero-order chi connectivity index (χ0) is 12.4. The minimum atomic E-state index is -0.161. The van der Waals surface area contributed by atoms with Gasteiger partial charge in [0, 0.05) is 11.3 Å². The van der Waals surface area contributed by atoms with E-state index in [1.165, 1.54) is 0 Å². The summed E-state index contributed by atoms with van der Waals surface area (Å²) in [5.41, 5.74) is 2.74. The van der Waals surface area contributed by atoms with Gasteiger partial charge in [-0.05, 0) is 30.3 Å². The Morgan fingerprint density at radius 2 is 1.78 bits per heavy atom. The number of carbonyl (C=O) groups excluding carboxylic acids is 1. The van der Waals surface area contributed by atoms with Crippen molar-refractivity contribution in [3.05, 3.63) is 54.1 Å². The zero-order valence-corrected chi connectivity index (χ0v) is 9.42. The molecular formula is C13H10N4O. The van der Waals surface area contributed by atoms with Crippen molar-refractivity contribution in [1.29, 1.82) is 0 Å². The molecule has 0 atom stereocenters. The van der Waals surface area contributed by atoms with Gasteiger partial charge in [0.1, 0.15) is 11.0 Å². The Kier molecular flexibility index (Phi) is 2.49. The molecular weight excluding hydrogens is 228 g/mol. The summed E-state index contributed by atoms with van der Waals surface area (Å²) in [4.78, 5) is 12.0. The first-order valence-electron chi connectivity index (χ1n) is 5.50. The second-order valence-electron chi connectivity index (χ2n) is 3.85. The van der Waals surface area contributed by atoms with Crippen molar-refractivity contribution in [3.63, 3.8) is 0 Å². The lowest BCUT2D eigenvalue weighted by atomic mass is 10.2. The summed E-state index contributed by atoms with van der Waals surface area (Å²) in [5, 5.41) is 13.2. The number of hydrogen-bond donors (Lipinski definition) is 2. The van der Waals surface area contributed by atoms with Crippen molar-refractivity contribution in [2.24, 2.45) is 0 Å². The lowest BCUT2D eigenvalue weighted by molar-refractivity contribution is 0.102. The van der Waals surface area contributed by atoms with Gasteiger partial charge >= 0.3 is 0 Å². The van der Waals surface area contributed by atoms with Gasteiger partial charge in [-0.15, -0.1) is 0 Å². The fourth-order valence-electron chi connectivity index (χ4n) is 1.71. The molecule has 0 bridgehead atoms. The largest absolute Gasteiger partial charge is 0.322 e. The van der Waals surface area contributed by atoms with E-state index in [2.05, 4.69) is 20.7 Å². The number of carbonyl (C=O) groups is 1. The monoisotopic (exact) mass is 238 g/mol. The molecule has 1 heterocycles. The Hall–Kier alpha value is -2.69. The van der Waals surface area contributed by atoms with Crippen LogP contribution in [0.25, 0.3) is 11.0 Å². The van der Waals surface area contributed by atoms with Crippen LogP contribution in [0, 0.1) is 0 Å². The molecule has 18 heavy (non-hydrogen) atoms. The minimum absolute atomic E-state index is 0.161. The Labute approximate surface area is 103 Å². The van der Waals surface area contributed by atoms with E-state index >= 15 is 0 Å². The average Bonchev–Trinajstić information content (AvgIpc) is 2.87. The normalized spacial score (nSPS) is 10.4. The van der Waals surface area contributed by atoms with Gasteiger partial charge in [0.05, 0.1) is 0 Å². The topological polar surface area (TPSA) is 70.7 Å². The number of nitrogens with zero attached hydrogens (tertiary/aromatic N) is 2. The number of rotatable bonds is 2. The first-order chi connectivity index (χ1) is 8.83. The molecule has 0 fully saturated rings. The second kappa shape index (κ2) is 4.29. The van der Waals surface area contributed by atoms with Crippen molar-refractivity contribution in [1.82, 2.24) is 15.4 Å². The number of H-pyrrole nitrogens is 1. The van der Waals surface area contributed by atoms with E-state index in [1.54, 1.807) is 18.2 Å². The van der Waals surface area contributed by atoms with Crippen LogP contribution in [0.3, 0.4) is 0 Å². The van der Waals surface area contributed by atoms with Crippen LogP contribution >= 0.6 is 0 Å². The van der Waals surface area contributed by atoms with E-state index in [0.717, 1.165) is 11.2 Å². The van der Waals surface area contributed by atoms with Crippen LogP contribution in [0.15, 0.2) is 48.5 Å². The molecule has 0 radical (unpaired) electrons. The first kappa shape index (κ1) is 10.5. The highest BCUT2D eigenvalue weighted by atomic mass is 16.1. The molecule has 0 aliphatic heterocycles. The number of nitrogens with one attached hydrogen (secondary N) is 2. The molecule has 5 nitrogen and oxygen atoms in total. The van der Waals surface area contributed by atoms with Gasteiger partial charge in [0.15, 0.2) is 0 Å². The van der Waals surface area contributed by atoms with Gasteiger partial charge in [0.2, 0.25) is 0 Å². The first-order valence-corrected chi connectivity index (χ1v) is 5.50. The van der Waals surface area contributed by atoms with Crippen molar-refractivity contribution < 1.29 is 4.79 Å². The van der Waals surface area contributed by atoms with Gasteiger partial charge in [0.25, 0.3) is 5.91 Å². The Morgan fingerprint density at radius 3 is 2.61 bits per heavy atom. The molecule has 0 aliphatic rings. The Bertz CT molecular complexity index is 690. The molecule has 0 spiro atoms. The predicted octanol–water partition coefficient (Wildman–Crippen LogP) is 2.21. The molecule has 1 amide bonds. The standard InChI is InChI=1S/C13H10N4O/c18-13(14-10-4-2-1-3-5-10)9-6-7-11-12(8-9)16-17-15-11/h1-8H,(H,14,18)(H,15,16,17). The van der Waals surface area contributed by atoms with Gasteiger partial charge in [-0.3, -0.25) is 4.79 Å². The van der Waals surface area contributed by atoms with E-state index in [4.69, 9.17) is 0 Å². The molecule has 1 aromatic heterocycles. The van der Waals surface area contributed by atoms with Crippen molar-refractivity contribution in [2.45, 2.75) is 0 Å². The minimum Gasteiger partial charge on any atom is -0.322 e. The number of para-hydroxylation sites is 1. The molecule has 0 saturated carbocycles. The summed E-state index contributed by atoms with van der Waals surface area (Å²) in [6.07, 6.45) is 0. The number of aromatic nitrogens is 3. The maximum atomic E-state index is 12.0. The number of fused-ring (bicyclic) bond motifs is 1. The van der Waals surface area contributed by atoms with Crippen LogP contribution in [0.4, 0.5) is 5.69 Å². The van der Waals surface area contributed by atoms with E-state index in [1.807, 2.05) is 30.3 Å². The molecule has 3 rings (SSSR count). The van der Waals surface area contributed by atoms with Crippen molar-refractivity contribution in [3.8, 4) is 0 Å². The van der Waals surface area contributed by atoms with Crippen LogP contribution in [0.2, 0.25) is 0 Å². The van der Waals surface area contributed by atoms with Crippen LogP contribution in [-0.2, 0) is 0 Å². The molecule has 0 aliphatic carbocycles. The predicted molar refractivity (Wildman–Crippen MR) is 68.3 cm³/mol. The lowest BCUT2D eigenvalue weighted by Crippen LogP contribution is -2.11. The molecule has 2 aromatic carbocycles. The number of hydrogen-bond acceptors (Lipinski definition) is 3. The number of amides is 1. The van der Waals surface area contributed by atoms with E-state index in [9.17, 15) is 4.79 Å². The fraction of sp³-hybridized carbons (Fsp3) is 0. The summed E-state index contributed by atoms with van der Waals surface area (Å²) in [6.45, 7) is 0.